The molecular formula is C14H28F3IN4O. The topological polar surface area (TPSA) is 48.9 Å². The van der Waals surface area contributed by atoms with Crippen molar-refractivity contribution in [2.45, 2.75) is 31.9 Å². The maximum absolute atomic E-state index is 11.9. The van der Waals surface area contributed by atoms with Crippen molar-refractivity contribution >= 4 is 29.9 Å². The third-order valence-electron chi connectivity index (χ3n) is 3.42. The van der Waals surface area contributed by atoms with Crippen molar-refractivity contribution in [3.05, 3.63) is 0 Å². The Hall–Kier alpha value is -0.290. The molecule has 0 bridgehead atoms. The minimum Gasteiger partial charge on any atom is -0.372 e. The first-order chi connectivity index (χ1) is 10.5. The van der Waals surface area contributed by atoms with Gasteiger partial charge in [0, 0.05) is 33.3 Å². The van der Waals surface area contributed by atoms with E-state index in [1.807, 2.05) is 0 Å². The predicted octanol–water partition coefficient (Wildman–Crippen LogP) is 2.22. The average Bonchev–Trinajstić information content (AvgIpc) is 2.49. The Bertz CT molecular complexity index is 324. The summed E-state index contributed by atoms with van der Waals surface area (Å²) in [5.41, 5.74) is 0. The molecule has 0 atom stereocenters. The average molecular weight is 452 g/mol. The fourth-order valence-electron chi connectivity index (χ4n) is 2.30. The van der Waals surface area contributed by atoms with E-state index in [1.165, 1.54) is 19.3 Å². The van der Waals surface area contributed by atoms with Crippen LogP contribution >= 0.6 is 24.0 Å². The Kier molecular flexibility index (Phi) is 12.9. The molecule has 0 aromatic heterocycles. The van der Waals surface area contributed by atoms with E-state index in [4.69, 9.17) is 0 Å². The van der Waals surface area contributed by atoms with Crippen LogP contribution in [-0.4, -0.2) is 70.0 Å². The molecule has 1 rings (SSSR count). The summed E-state index contributed by atoms with van der Waals surface area (Å²) in [6, 6.07) is 0. The second kappa shape index (κ2) is 13.1. The highest BCUT2D eigenvalue weighted by atomic mass is 127. The van der Waals surface area contributed by atoms with Crippen LogP contribution < -0.4 is 10.6 Å². The SMILES string of the molecule is CN=C(NCCCOCC(F)(F)F)NCCN1CCCCC1.I. The quantitative estimate of drug-likeness (QED) is 0.257. The number of nitrogens with one attached hydrogen (secondary N) is 2. The van der Waals surface area contributed by atoms with Crippen molar-refractivity contribution < 1.29 is 17.9 Å². The van der Waals surface area contributed by atoms with E-state index in [0.717, 1.165) is 26.2 Å². The van der Waals surface area contributed by atoms with Gasteiger partial charge in [-0.25, -0.2) is 0 Å². The highest BCUT2D eigenvalue weighted by Crippen LogP contribution is 2.14. The van der Waals surface area contributed by atoms with Gasteiger partial charge in [-0.1, -0.05) is 6.42 Å². The number of hydrogen-bond donors (Lipinski definition) is 2. The normalized spacial score (nSPS) is 16.8. The van der Waals surface area contributed by atoms with Gasteiger partial charge in [-0.3, -0.25) is 4.99 Å². The Morgan fingerprint density at radius 2 is 1.78 bits per heavy atom. The van der Waals surface area contributed by atoms with Crippen LogP contribution in [0.3, 0.4) is 0 Å². The van der Waals surface area contributed by atoms with E-state index in [2.05, 4.69) is 25.3 Å². The zero-order chi connectivity index (χ0) is 16.3. The molecule has 0 aromatic rings. The van der Waals surface area contributed by atoms with E-state index in [1.54, 1.807) is 7.05 Å². The number of alkyl halides is 3. The van der Waals surface area contributed by atoms with Crippen molar-refractivity contribution in [3.8, 4) is 0 Å². The summed E-state index contributed by atoms with van der Waals surface area (Å²) in [6.45, 7) is 3.53. The van der Waals surface area contributed by atoms with Gasteiger partial charge >= 0.3 is 6.18 Å². The molecule has 2 N–H and O–H groups in total. The minimum absolute atomic E-state index is 0. The van der Waals surface area contributed by atoms with Gasteiger partial charge in [-0.2, -0.15) is 13.2 Å². The predicted molar refractivity (Wildman–Crippen MR) is 96.6 cm³/mol. The Balaban J connectivity index is 0.00000484. The number of ether oxygens (including phenoxy) is 1. The molecule has 1 saturated heterocycles. The van der Waals surface area contributed by atoms with E-state index in [-0.39, 0.29) is 30.6 Å². The molecule has 23 heavy (non-hydrogen) atoms. The van der Waals surface area contributed by atoms with Crippen molar-refractivity contribution in [1.82, 2.24) is 15.5 Å². The van der Waals surface area contributed by atoms with Crippen LogP contribution in [0.4, 0.5) is 13.2 Å². The molecule has 5 nitrogen and oxygen atoms in total. The lowest BCUT2D eigenvalue weighted by Crippen LogP contribution is -2.43. The first-order valence-electron chi connectivity index (χ1n) is 7.82. The Morgan fingerprint density at radius 1 is 1.13 bits per heavy atom. The molecule has 0 radical (unpaired) electrons. The number of rotatable bonds is 8. The molecule has 0 spiro atoms. The van der Waals surface area contributed by atoms with Crippen molar-refractivity contribution in [2.24, 2.45) is 4.99 Å². The van der Waals surface area contributed by atoms with Crippen molar-refractivity contribution in [1.29, 1.82) is 0 Å². The van der Waals surface area contributed by atoms with Gasteiger partial charge in [0.1, 0.15) is 6.61 Å². The van der Waals surface area contributed by atoms with Crippen LogP contribution in [0.2, 0.25) is 0 Å². The summed E-state index contributed by atoms with van der Waals surface area (Å²) in [6.07, 6.45) is 0.113. The standard InChI is InChI=1S/C14H27F3N4O.HI/c1-18-13(19-6-5-11-22-12-14(15,16)17)20-7-10-21-8-3-2-4-9-21;/h2-12H2,1H3,(H2,18,19,20);1H. The number of hydrogen-bond acceptors (Lipinski definition) is 3. The maximum Gasteiger partial charge on any atom is 0.411 e. The lowest BCUT2D eigenvalue weighted by molar-refractivity contribution is -0.173. The Labute approximate surface area is 153 Å². The number of aliphatic imine (C=N–C) groups is 1. The Morgan fingerprint density at radius 3 is 2.39 bits per heavy atom. The molecule has 0 unspecified atom stereocenters. The molecular weight excluding hydrogens is 424 g/mol. The monoisotopic (exact) mass is 452 g/mol. The van der Waals surface area contributed by atoms with Crippen LogP contribution in [0.5, 0.6) is 0 Å². The molecule has 0 aliphatic carbocycles. The van der Waals surface area contributed by atoms with Gasteiger partial charge in [0.05, 0.1) is 0 Å². The summed E-state index contributed by atoms with van der Waals surface area (Å²) >= 11 is 0. The summed E-state index contributed by atoms with van der Waals surface area (Å²) < 4.78 is 40.1. The third-order valence-corrected chi connectivity index (χ3v) is 3.42. The van der Waals surface area contributed by atoms with Gasteiger partial charge in [-0.05, 0) is 32.4 Å². The number of halogens is 4. The van der Waals surface area contributed by atoms with Crippen molar-refractivity contribution in [3.63, 3.8) is 0 Å². The number of guanidine groups is 1. The minimum atomic E-state index is -4.25. The lowest BCUT2D eigenvalue weighted by atomic mass is 10.1. The van der Waals surface area contributed by atoms with E-state index >= 15 is 0 Å². The molecule has 0 amide bonds. The zero-order valence-electron chi connectivity index (χ0n) is 13.6. The van der Waals surface area contributed by atoms with Crippen molar-refractivity contribution in [2.75, 3.05) is 53.0 Å². The largest absolute Gasteiger partial charge is 0.411 e. The van der Waals surface area contributed by atoms with Crippen LogP contribution in [0.25, 0.3) is 0 Å². The smallest absolute Gasteiger partial charge is 0.372 e. The van der Waals surface area contributed by atoms with Gasteiger partial charge < -0.3 is 20.3 Å². The fraction of sp³-hybridized carbons (Fsp3) is 0.929. The van der Waals surface area contributed by atoms with Gasteiger partial charge in [0.25, 0.3) is 0 Å². The van der Waals surface area contributed by atoms with E-state index in [9.17, 15) is 13.2 Å². The molecule has 0 aromatic carbocycles. The summed E-state index contributed by atoms with van der Waals surface area (Å²) in [4.78, 5) is 6.51. The van der Waals surface area contributed by atoms with Crippen LogP contribution in [-0.2, 0) is 4.74 Å². The second-order valence-corrected chi connectivity index (χ2v) is 5.35. The first-order valence-corrected chi connectivity index (χ1v) is 7.82. The number of nitrogens with zero attached hydrogens (tertiary/aromatic N) is 2. The second-order valence-electron chi connectivity index (χ2n) is 5.35. The number of piperidine rings is 1. The number of likely N-dealkylation sites (tertiary alicyclic amines) is 1. The van der Waals surface area contributed by atoms with Gasteiger partial charge in [0.2, 0.25) is 0 Å². The summed E-state index contributed by atoms with van der Waals surface area (Å²) in [7, 11) is 1.68. The highest BCUT2D eigenvalue weighted by molar-refractivity contribution is 14.0. The van der Waals surface area contributed by atoms with Gasteiger partial charge in [-0.15, -0.1) is 24.0 Å². The summed E-state index contributed by atoms with van der Waals surface area (Å²) in [5, 5.41) is 6.27. The molecule has 1 aliphatic heterocycles. The van der Waals surface area contributed by atoms with Crippen LogP contribution in [0, 0.1) is 0 Å². The third kappa shape index (κ3) is 12.8. The molecule has 1 fully saturated rings. The maximum atomic E-state index is 11.9. The van der Waals surface area contributed by atoms with Crippen LogP contribution in [0.15, 0.2) is 4.99 Å². The zero-order valence-corrected chi connectivity index (χ0v) is 16.0. The molecule has 138 valence electrons. The molecule has 9 heteroatoms. The van der Waals surface area contributed by atoms with Crippen LogP contribution in [0.1, 0.15) is 25.7 Å². The summed E-state index contributed by atoms with van der Waals surface area (Å²) in [5.74, 6) is 0.674. The van der Waals surface area contributed by atoms with E-state index in [0.29, 0.717) is 18.9 Å². The molecule has 0 saturated carbocycles. The van der Waals surface area contributed by atoms with E-state index < -0.39 is 12.8 Å². The molecule has 1 heterocycles. The lowest BCUT2D eigenvalue weighted by Gasteiger charge is -2.26. The highest BCUT2D eigenvalue weighted by Gasteiger charge is 2.27. The molecule has 1 aliphatic rings. The fourth-order valence-corrected chi connectivity index (χ4v) is 2.30. The first kappa shape index (κ1) is 22.7. The van der Waals surface area contributed by atoms with Gasteiger partial charge in [0.15, 0.2) is 5.96 Å².